The number of esters is 1. The van der Waals surface area contributed by atoms with E-state index in [1.807, 2.05) is 0 Å². The highest BCUT2D eigenvalue weighted by atomic mass is 35.5. The van der Waals surface area contributed by atoms with E-state index in [4.69, 9.17) is 21.1 Å². The van der Waals surface area contributed by atoms with E-state index in [9.17, 15) is 9.59 Å². The van der Waals surface area contributed by atoms with Crippen molar-refractivity contribution in [3.05, 3.63) is 0 Å². The molecule has 5 nitrogen and oxygen atoms in total. The average molecular weight is 262 g/mol. The molecule has 0 aromatic carbocycles. The second-order valence-corrected chi connectivity index (χ2v) is 5.17. The van der Waals surface area contributed by atoms with E-state index >= 15 is 0 Å². The number of carbonyl (C=O) groups is 2. The Hall–Kier alpha value is -0.970. The smallest absolute Gasteiger partial charge is 0.410 e. The number of halogens is 1. The lowest BCUT2D eigenvalue weighted by Crippen LogP contribution is -2.49. The van der Waals surface area contributed by atoms with Crippen LogP contribution >= 0.6 is 11.6 Å². The molecule has 0 N–H and O–H groups in total. The maximum atomic E-state index is 11.7. The van der Waals surface area contributed by atoms with Crippen molar-refractivity contribution in [2.45, 2.75) is 49.8 Å². The molecule has 2 bridgehead atoms. The van der Waals surface area contributed by atoms with Crippen LogP contribution in [0.25, 0.3) is 0 Å². The van der Waals surface area contributed by atoms with Crippen LogP contribution in [0.15, 0.2) is 0 Å². The lowest BCUT2D eigenvalue weighted by Gasteiger charge is -2.36. The molecule has 0 aliphatic carbocycles. The quantitative estimate of drug-likeness (QED) is 0.531. The van der Waals surface area contributed by atoms with Gasteiger partial charge in [0.2, 0.25) is 0 Å². The van der Waals surface area contributed by atoms with E-state index in [2.05, 4.69) is 0 Å². The Morgan fingerprint density at radius 3 is 2.59 bits per heavy atom. The molecule has 0 radical (unpaired) electrons. The van der Waals surface area contributed by atoms with Gasteiger partial charge < -0.3 is 9.47 Å². The highest BCUT2D eigenvalue weighted by Gasteiger charge is 2.50. The lowest BCUT2D eigenvalue weighted by molar-refractivity contribution is -0.147. The zero-order chi connectivity index (χ0) is 12.6. The van der Waals surface area contributed by atoms with Crippen LogP contribution in [0.2, 0.25) is 0 Å². The first-order chi connectivity index (χ1) is 8.02. The van der Waals surface area contributed by atoms with Crippen molar-refractivity contribution in [2.24, 2.45) is 0 Å². The number of amides is 1. The average Bonchev–Trinajstić information content (AvgIpc) is 2.46. The van der Waals surface area contributed by atoms with Crippen LogP contribution in [-0.4, -0.2) is 47.6 Å². The van der Waals surface area contributed by atoms with Gasteiger partial charge in [0.1, 0.15) is 6.10 Å². The highest BCUT2D eigenvalue weighted by molar-refractivity contribution is 6.20. The second kappa shape index (κ2) is 4.72. The first kappa shape index (κ1) is 12.5. The van der Waals surface area contributed by atoms with Gasteiger partial charge in [-0.05, 0) is 12.8 Å². The molecule has 2 aliphatic rings. The van der Waals surface area contributed by atoms with Crippen LogP contribution in [0, 0.1) is 0 Å². The maximum absolute atomic E-state index is 11.7. The summed E-state index contributed by atoms with van der Waals surface area (Å²) in [6.45, 7) is 1.38. The monoisotopic (exact) mass is 261 g/mol. The SMILES string of the molecule is COC(=O)N1[C@@H]2C[C@H](Cl)C[C@H]1[C@H](OC(C)=O)C2. The summed E-state index contributed by atoms with van der Waals surface area (Å²) in [4.78, 5) is 24.4. The molecular weight excluding hydrogens is 246 g/mol. The number of hydrogen-bond donors (Lipinski definition) is 0. The van der Waals surface area contributed by atoms with E-state index in [0.717, 1.165) is 6.42 Å². The fraction of sp³-hybridized carbons (Fsp3) is 0.818. The van der Waals surface area contributed by atoms with Gasteiger partial charge in [0.25, 0.3) is 0 Å². The number of methoxy groups -OCH3 is 1. The fourth-order valence-corrected chi connectivity index (χ4v) is 3.24. The van der Waals surface area contributed by atoms with Gasteiger partial charge in [-0.3, -0.25) is 9.69 Å². The number of fused-ring (bicyclic) bond motifs is 2. The van der Waals surface area contributed by atoms with Crippen LogP contribution in [-0.2, 0) is 14.3 Å². The molecular formula is C11H16ClNO4. The zero-order valence-electron chi connectivity index (χ0n) is 9.89. The molecule has 17 heavy (non-hydrogen) atoms. The predicted octanol–water partition coefficient (Wildman–Crippen LogP) is 1.53. The summed E-state index contributed by atoms with van der Waals surface area (Å²) in [5.74, 6) is -0.321. The summed E-state index contributed by atoms with van der Waals surface area (Å²) >= 11 is 6.14. The number of ether oxygens (including phenoxy) is 2. The molecule has 0 spiro atoms. The second-order valence-electron chi connectivity index (χ2n) is 4.55. The molecule has 1 amide bonds. The first-order valence-corrected chi connectivity index (χ1v) is 6.14. The van der Waals surface area contributed by atoms with Crippen molar-refractivity contribution in [1.82, 2.24) is 4.90 Å². The summed E-state index contributed by atoms with van der Waals surface area (Å²) in [5, 5.41) is 0.0338. The molecule has 4 atom stereocenters. The summed E-state index contributed by atoms with van der Waals surface area (Å²) in [5.41, 5.74) is 0. The predicted molar refractivity (Wildman–Crippen MR) is 60.9 cm³/mol. The number of alkyl halides is 1. The van der Waals surface area contributed by atoms with Gasteiger partial charge in [-0.2, -0.15) is 0 Å². The Morgan fingerprint density at radius 2 is 2.00 bits per heavy atom. The Bertz CT molecular complexity index is 335. The molecule has 6 heteroatoms. The molecule has 2 heterocycles. The Kier molecular flexibility index (Phi) is 3.47. The van der Waals surface area contributed by atoms with Crippen molar-refractivity contribution in [2.75, 3.05) is 7.11 Å². The number of rotatable bonds is 1. The third-order valence-corrected chi connectivity index (χ3v) is 3.77. The molecule has 2 saturated heterocycles. The van der Waals surface area contributed by atoms with Gasteiger partial charge in [0, 0.05) is 24.8 Å². The molecule has 2 fully saturated rings. The number of carbonyl (C=O) groups excluding carboxylic acids is 2. The number of nitrogens with zero attached hydrogens (tertiary/aromatic N) is 1. The van der Waals surface area contributed by atoms with Crippen molar-refractivity contribution in [3.63, 3.8) is 0 Å². The van der Waals surface area contributed by atoms with Crippen LogP contribution < -0.4 is 0 Å². The number of piperidine rings is 1. The topological polar surface area (TPSA) is 55.8 Å². The van der Waals surface area contributed by atoms with Gasteiger partial charge in [0.05, 0.1) is 13.2 Å². The highest BCUT2D eigenvalue weighted by Crippen LogP contribution is 2.39. The molecule has 2 aliphatic heterocycles. The van der Waals surface area contributed by atoms with Crippen molar-refractivity contribution in [3.8, 4) is 0 Å². The standard InChI is InChI=1S/C11H16ClNO4/c1-6(14)17-10-5-8-3-7(12)4-9(10)13(8)11(15)16-2/h7-10H,3-5H2,1-2H3/t7-,8+,9-,10+/m0/s1. The maximum Gasteiger partial charge on any atom is 0.410 e. The normalized spacial score (nSPS) is 35.6. The van der Waals surface area contributed by atoms with Crippen LogP contribution in [0.5, 0.6) is 0 Å². The lowest BCUT2D eigenvalue weighted by atomic mass is 10.0. The molecule has 0 saturated carbocycles. The molecule has 2 rings (SSSR count). The van der Waals surface area contributed by atoms with E-state index in [-0.39, 0.29) is 35.6 Å². The van der Waals surface area contributed by atoms with E-state index in [0.29, 0.717) is 12.8 Å². The molecule has 0 unspecified atom stereocenters. The van der Waals surface area contributed by atoms with E-state index in [1.54, 1.807) is 4.90 Å². The summed E-state index contributed by atoms with van der Waals surface area (Å²) in [7, 11) is 1.36. The van der Waals surface area contributed by atoms with Crippen LogP contribution in [0.3, 0.4) is 0 Å². The molecule has 0 aromatic heterocycles. The first-order valence-electron chi connectivity index (χ1n) is 5.70. The van der Waals surface area contributed by atoms with Gasteiger partial charge in [-0.1, -0.05) is 0 Å². The van der Waals surface area contributed by atoms with Crippen molar-refractivity contribution in [1.29, 1.82) is 0 Å². The minimum absolute atomic E-state index is 0.0213. The molecule has 0 aromatic rings. The van der Waals surface area contributed by atoms with Crippen LogP contribution in [0.4, 0.5) is 4.79 Å². The van der Waals surface area contributed by atoms with Gasteiger partial charge in [-0.15, -0.1) is 11.6 Å². The Balaban J connectivity index is 2.15. The molecule has 96 valence electrons. The third kappa shape index (κ3) is 2.34. The van der Waals surface area contributed by atoms with Gasteiger partial charge in [-0.25, -0.2) is 4.79 Å². The Morgan fingerprint density at radius 1 is 1.29 bits per heavy atom. The summed E-state index contributed by atoms with van der Waals surface area (Å²) < 4.78 is 10.0. The van der Waals surface area contributed by atoms with Crippen LogP contribution in [0.1, 0.15) is 26.2 Å². The van der Waals surface area contributed by atoms with Crippen molar-refractivity contribution >= 4 is 23.7 Å². The minimum Gasteiger partial charge on any atom is -0.460 e. The summed E-state index contributed by atoms with van der Waals surface area (Å²) in [6.07, 6.45) is 1.41. The third-order valence-electron chi connectivity index (χ3n) is 3.41. The summed E-state index contributed by atoms with van der Waals surface area (Å²) in [6, 6.07) is -0.124. The van der Waals surface area contributed by atoms with Gasteiger partial charge in [0.15, 0.2) is 0 Å². The fourth-order valence-electron chi connectivity index (χ4n) is 2.85. The minimum atomic E-state index is -0.363. The van der Waals surface area contributed by atoms with E-state index < -0.39 is 0 Å². The Labute approximate surface area is 105 Å². The number of hydrogen-bond acceptors (Lipinski definition) is 4. The largest absolute Gasteiger partial charge is 0.460 e. The zero-order valence-corrected chi connectivity index (χ0v) is 10.6. The van der Waals surface area contributed by atoms with Crippen molar-refractivity contribution < 1.29 is 19.1 Å². The van der Waals surface area contributed by atoms with Gasteiger partial charge >= 0.3 is 12.1 Å². The van der Waals surface area contributed by atoms with E-state index in [1.165, 1.54) is 14.0 Å².